The molecule has 0 aliphatic carbocycles. The first-order valence-electron chi connectivity index (χ1n) is 6.10. The maximum atomic E-state index is 10.8. The molecular weight excluding hydrogens is 234 g/mol. The van der Waals surface area contributed by atoms with E-state index in [0.29, 0.717) is 12.2 Å². The standard InChI is InChI=1S/C13H17NO4/c1-3-9-11(7-14(16)17)10-6-4-5-8(2)12(10)18-13(9)15/h4-6,9,11,13,15H,3,7H2,1-2H3/t9-,11+,13?/m1/s1. The summed E-state index contributed by atoms with van der Waals surface area (Å²) in [5.41, 5.74) is 1.73. The number of rotatable bonds is 3. The molecule has 0 aromatic heterocycles. The molecule has 3 atom stereocenters. The topological polar surface area (TPSA) is 72.6 Å². The van der Waals surface area contributed by atoms with Crippen LogP contribution < -0.4 is 4.74 Å². The molecule has 2 rings (SSSR count). The smallest absolute Gasteiger partial charge is 0.211 e. The maximum Gasteiger partial charge on any atom is 0.211 e. The van der Waals surface area contributed by atoms with Gasteiger partial charge in [0, 0.05) is 16.4 Å². The molecule has 18 heavy (non-hydrogen) atoms. The fourth-order valence-corrected chi connectivity index (χ4v) is 2.65. The second-order valence-electron chi connectivity index (χ2n) is 4.70. The molecule has 5 nitrogen and oxygen atoms in total. The summed E-state index contributed by atoms with van der Waals surface area (Å²) in [5, 5.41) is 20.8. The van der Waals surface area contributed by atoms with Crippen molar-refractivity contribution in [2.24, 2.45) is 5.92 Å². The van der Waals surface area contributed by atoms with Crippen molar-refractivity contribution < 1.29 is 14.8 Å². The minimum absolute atomic E-state index is 0.171. The Hall–Kier alpha value is -1.62. The minimum atomic E-state index is -0.964. The van der Waals surface area contributed by atoms with Crippen molar-refractivity contribution in [1.82, 2.24) is 0 Å². The van der Waals surface area contributed by atoms with E-state index in [-0.39, 0.29) is 23.3 Å². The van der Waals surface area contributed by atoms with Crippen LogP contribution in [0.1, 0.15) is 30.4 Å². The molecule has 1 aromatic carbocycles. The van der Waals surface area contributed by atoms with Gasteiger partial charge in [-0.3, -0.25) is 10.1 Å². The summed E-state index contributed by atoms with van der Waals surface area (Å²) in [6.07, 6.45) is -0.318. The highest BCUT2D eigenvalue weighted by Crippen LogP contribution is 2.42. The highest BCUT2D eigenvalue weighted by Gasteiger charge is 2.39. The van der Waals surface area contributed by atoms with Crippen molar-refractivity contribution in [1.29, 1.82) is 0 Å². The van der Waals surface area contributed by atoms with Crippen LogP contribution in [0.5, 0.6) is 5.75 Å². The van der Waals surface area contributed by atoms with E-state index in [1.807, 2.05) is 32.0 Å². The summed E-state index contributed by atoms with van der Waals surface area (Å²) in [6.45, 7) is 3.61. The Balaban J connectivity index is 2.46. The molecule has 5 heteroatoms. The normalized spacial score (nSPS) is 26.3. The third kappa shape index (κ3) is 2.18. The van der Waals surface area contributed by atoms with E-state index < -0.39 is 6.29 Å². The summed E-state index contributed by atoms with van der Waals surface area (Å²) >= 11 is 0. The second-order valence-corrected chi connectivity index (χ2v) is 4.70. The van der Waals surface area contributed by atoms with E-state index in [2.05, 4.69) is 0 Å². The maximum absolute atomic E-state index is 10.8. The van der Waals surface area contributed by atoms with E-state index >= 15 is 0 Å². The number of benzene rings is 1. The lowest BCUT2D eigenvalue weighted by atomic mass is 9.81. The van der Waals surface area contributed by atoms with Crippen LogP contribution in [0.3, 0.4) is 0 Å². The Kier molecular flexibility index (Phi) is 3.52. The SMILES string of the molecule is CC[C@H]1C(O)Oc2c(C)cccc2[C@H]1C[N+](=O)[O-]. The fraction of sp³-hybridized carbons (Fsp3) is 0.538. The van der Waals surface area contributed by atoms with Crippen molar-refractivity contribution in [2.75, 3.05) is 6.54 Å². The van der Waals surface area contributed by atoms with Crippen LogP contribution in [0.15, 0.2) is 18.2 Å². The van der Waals surface area contributed by atoms with Crippen molar-refractivity contribution in [2.45, 2.75) is 32.5 Å². The largest absolute Gasteiger partial charge is 0.464 e. The lowest BCUT2D eigenvalue weighted by Gasteiger charge is -2.35. The molecule has 0 bridgehead atoms. The molecule has 0 saturated carbocycles. The van der Waals surface area contributed by atoms with Crippen LogP contribution in [0.4, 0.5) is 0 Å². The molecule has 0 radical (unpaired) electrons. The Morgan fingerprint density at radius 2 is 2.22 bits per heavy atom. The van der Waals surface area contributed by atoms with Crippen LogP contribution >= 0.6 is 0 Å². The molecule has 0 spiro atoms. The quantitative estimate of drug-likeness (QED) is 0.659. The summed E-state index contributed by atoms with van der Waals surface area (Å²) in [5.74, 6) is 0.0786. The van der Waals surface area contributed by atoms with Gasteiger partial charge in [0.15, 0.2) is 0 Å². The van der Waals surface area contributed by atoms with Gasteiger partial charge in [-0.2, -0.15) is 0 Å². The van der Waals surface area contributed by atoms with Gasteiger partial charge in [-0.1, -0.05) is 25.1 Å². The van der Waals surface area contributed by atoms with Crippen LogP contribution in [-0.4, -0.2) is 22.9 Å². The monoisotopic (exact) mass is 251 g/mol. The Bertz CT molecular complexity index is 460. The molecule has 0 saturated heterocycles. The zero-order chi connectivity index (χ0) is 13.3. The first-order valence-corrected chi connectivity index (χ1v) is 6.10. The molecule has 1 aliphatic rings. The molecule has 1 heterocycles. The molecule has 0 fully saturated rings. The van der Waals surface area contributed by atoms with Crippen LogP contribution in [0.25, 0.3) is 0 Å². The number of nitro groups is 1. The fourth-order valence-electron chi connectivity index (χ4n) is 2.65. The highest BCUT2D eigenvalue weighted by atomic mass is 16.6. The molecule has 1 unspecified atom stereocenters. The Labute approximate surface area is 106 Å². The average molecular weight is 251 g/mol. The summed E-state index contributed by atoms with van der Waals surface area (Å²) in [7, 11) is 0. The van der Waals surface area contributed by atoms with Gasteiger partial charge >= 0.3 is 0 Å². The molecular formula is C13H17NO4. The summed E-state index contributed by atoms with van der Waals surface area (Å²) in [4.78, 5) is 10.5. The van der Waals surface area contributed by atoms with Gasteiger partial charge in [0.05, 0.1) is 5.92 Å². The van der Waals surface area contributed by atoms with E-state index in [9.17, 15) is 15.2 Å². The van der Waals surface area contributed by atoms with Crippen LogP contribution in [-0.2, 0) is 0 Å². The van der Waals surface area contributed by atoms with Gasteiger partial charge in [0.25, 0.3) is 0 Å². The number of nitrogens with zero attached hydrogens (tertiary/aromatic N) is 1. The van der Waals surface area contributed by atoms with Crippen LogP contribution in [0, 0.1) is 23.0 Å². The van der Waals surface area contributed by atoms with Crippen LogP contribution in [0.2, 0.25) is 0 Å². The van der Waals surface area contributed by atoms with Crippen molar-refractivity contribution in [3.8, 4) is 5.75 Å². The Morgan fingerprint density at radius 1 is 1.50 bits per heavy atom. The zero-order valence-electron chi connectivity index (χ0n) is 10.5. The predicted octanol–water partition coefficient (Wildman–Crippen LogP) is 2.09. The van der Waals surface area contributed by atoms with E-state index in [1.54, 1.807) is 0 Å². The second kappa shape index (κ2) is 4.94. The number of hydrogen-bond donors (Lipinski definition) is 1. The average Bonchev–Trinajstić information content (AvgIpc) is 2.30. The summed E-state index contributed by atoms with van der Waals surface area (Å²) in [6, 6.07) is 5.60. The lowest BCUT2D eigenvalue weighted by molar-refractivity contribution is -0.486. The number of aryl methyl sites for hydroxylation is 1. The van der Waals surface area contributed by atoms with Gasteiger partial charge in [-0.15, -0.1) is 0 Å². The molecule has 98 valence electrons. The third-order valence-corrected chi connectivity index (χ3v) is 3.58. The van der Waals surface area contributed by atoms with Crippen molar-refractivity contribution >= 4 is 0 Å². The lowest BCUT2D eigenvalue weighted by Crippen LogP contribution is -2.38. The van der Waals surface area contributed by atoms with E-state index in [0.717, 1.165) is 11.1 Å². The molecule has 1 aromatic rings. The number of fused-ring (bicyclic) bond motifs is 1. The first kappa shape index (κ1) is 12.8. The predicted molar refractivity (Wildman–Crippen MR) is 66.2 cm³/mol. The van der Waals surface area contributed by atoms with E-state index in [1.165, 1.54) is 0 Å². The number of aliphatic hydroxyl groups is 1. The van der Waals surface area contributed by atoms with Gasteiger partial charge < -0.3 is 9.84 Å². The number of ether oxygens (including phenoxy) is 1. The molecule has 0 amide bonds. The van der Waals surface area contributed by atoms with Crippen molar-refractivity contribution in [3.05, 3.63) is 39.4 Å². The van der Waals surface area contributed by atoms with Gasteiger partial charge in [0.2, 0.25) is 12.8 Å². The third-order valence-electron chi connectivity index (χ3n) is 3.58. The molecule has 1 aliphatic heterocycles. The van der Waals surface area contributed by atoms with E-state index in [4.69, 9.17) is 4.74 Å². The van der Waals surface area contributed by atoms with Gasteiger partial charge in [0.1, 0.15) is 5.75 Å². The van der Waals surface area contributed by atoms with Gasteiger partial charge in [-0.05, 0) is 18.9 Å². The number of hydrogen-bond acceptors (Lipinski definition) is 4. The molecule has 1 N–H and O–H groups in total. The Morgan fingerprint density at radius 3 is 2.83 bits per heavy atom. The first-order chi connectivity index (χ1) is 8.54. The minimum Gasteiger partial charge on any atom is -0.464 e. The van der Waals surface area contributed by atoms with Crippen molar-refractivity contribution in [3.63, 3.8) is 0 Å². The zero-order valence-corrected chi connectivity index (χ0v) is 10.5. The number of aliphatic hydroxyl groups excluding tert-OH is 1. The highest BCUT2D eigenvalue weighted by molar-refractivity contribution is 5.44. The summed E-state index contributed by atoms with van der Waals surface area (Å²) < 4.78 is 5.51. The van der Waals surface area contributed by atoms with Gasteiger partial charge in [-0.25, -0.2) is 0 Å². The number of para-hydroxylation sites is 1.